The molecule has 6 heteroatoms. The molecule has 0 fully saturated rings. The number of nitrogens with one attached hydrogen (secondary N) is 1. The first-order valence-electron chi connectivity index (χ1n) is 5.12. The first-order chi connectivity index (χ1) is 8.06. The molecule has 0 aliphatic heterocycles. The molecule has 0 aliphatic rings. The Morgan fingerprint density at radius 1 is 1.65 bits per heavy atom. The zero-order chi connectivity index (χ0) is 12.8. The minimum Gasteiger partial charge on any atom is -0.361 e. The van der Waals surface area contributed by atoms with Crippen molar-refractivity contribution in [1.29, 1.82) is 5.26 Å². The average molecular weight is 253 g/mol. The van der Waals surface area contributed by atoms with E-state index in [0.29, 0.717) is 17.9 Å². The molecule has 0 saturated carbocycles. The van der Waals surface area contributed by atoms with E-state index in [2.05, 4.69) is 10.3 Å². The number of halogens is 1. The van der Waals surface area contributed by atoms with Gasteiger partial charge in [-0.05, 0) is 19.1 Å². The van der Waals surface area contributed by atoms with Gasteiger partial charge in [-0.15, -0.1) is 0 Å². The zero-order valence-corrected chi connectivity index (χ0v) is 10.5. The Kier molecular flexibility index (Phi) is 4.73. The second kappa shape index (κ2) is 6.06. The highest BCUT2D eigenvalue weighted by molar-refractivity contribution is 6.29. The van der Waals surface area contributed by atoms with Gasteiger partial charge in [0.2, 0.25) is 5.91 Å². The standard InChI is InChI=1S/C11H13ClN4O/c1-3-16(2)11(17)7-14-10-5-8(6-13)4-9(12)15-10/h4-5H,3,7H2,1-2H3,(H,14,15). The van der Waals surface area contributed by atoms with E-state index >= 15 is 0 Å². The van der Waals surface area contributed by atoms with E-state index in [1.165, 1.54) is 6.07 Å². The van der Waals surface area contributed by atoms with Crippen molar-refractivity contribution in [2.24, 2.45) is 0 Å². The maximum absolute atomic E-state index is 11.5. The van der Waals surface area contributed by atoms with Crippen molar-refractivity contribution in [3.8, 4) is 6.07 Å². The molecule has 0 saturated heterocycles. The maximum atomic E-state index is 11.5. The highest BCUT2D eigenvalue weighted by atomic mass is 35.5. The Bertz CT molecular complexity index is 455. The lowest BCUT2D eigenvalue weighted by atomic mass is 10.3. The number of amides is 1. The van der Waals surface area contributed by atoms with Crippen LogP contribution < -0.4 is 5.32 Å². The molecule has 1 aromatic heterocycles. The summed E-state index contributed by atoms with van der Waals surface area (Å²) < 4.78 is 0. The van der Waals surface area contributed by atoms with Crippen LogP contribution in [-0.2, 0) is 4.79 Å². The molecule has 0 bridgehead atoms. The van der Waals surface area contributed by atoms with Crippen molar-refractivity contribution < 1.29 is 4.79 Å². The van der Waals surface area contributed by atoms with E-state index in [9.17, 15) is 4.79 Å². The summed E-state index contributed by atoms with van der Waals surface area (Å²) in [6.45, 7) is 2.67. The van der Waals surface area contributed by atoms with Crippen LogP contribution in [0.5, 0.6) is 0 Å². The average Bonchev–Trinajstić information content (AvgIpc) is 2.34. The summed E-state index contributed by atoms with van der Waals surface area (Å²) in [7, 11) is 1.72. The van der Waals surface area contributed by atoms with Crippen LogP contribution in [0.1, 0.15) is 12.5 Å². The van der Waals surface area contributed by atoms with E-state index in [4.69, 9.17) is 16.9 Å². The molecular weight excluding hydrogens is 240 g/mol. The van der Waals surface area contributed by atoms with Crippen molar-refractivity contribution in [3.63, 3.8) is 0 Å². The second-order valence-electron chi connectivity index (χ2n) is 3.44. The molecule has 0 atom stereocenters. The SMILES string of the molecule is CCN(C)C(=O)CNc1cc(C#N)cc(Cl)n1. The molecule has 1 rings (SSSR count). The number of likely N-dealkylation sites (N-methyl/N-ethyl adjacent to an activating group) is 1. The third-order valence-electron chi connectivity index (χ3n) is 2.24. The van der Waals surface area contributed by atoms with Crippen molar-refractivity contribution in [2.45, 2.75) is 6.92 Å². The summed E-state index contributed by atoms with van der Waals surface area (Å²) in [6, 6.07) is 4.98. The van der Waals surface area contributed by atoms with Gasteiger partial charge in [-0.3, -0.25) is 4.79 Å². The monoisotopic (exact) mass is 252 g/mol. The fraction of sp³-hybridized carbons (Fsp3) is 0.364. The smallest absolute Gasteiger partial charge is 0.241 e. The molecule has 0 spiro atoms. The number of carbonyl (C=O) groups is 1. The summed E-state index contributed by atoms with van der Waals surface area (Å²) in [5.74, 6) is 0.375. The first-order valence-corrected chi connectivity index (χ1v) is 5.50. The van der Waals surface area contributed by atoms with Gasteiger partial charge in [0.25, 0.3) is 0 Å². The predicted octanol–water partition coefficient (Wildman–Crippen LogP) is 1.50. The van der Waals surface area contributed by atoms with Crippen LogP contribution in [-0.4, -0.2) is 35.9 Å². The molecule has 0 radical (unpaired) electrons. The molecule has 0 aliphatic carbocycles. The Labute approximate surface area is 105 Å². The van der Waals surface area contributed by atoms with Crippen LogP contribution >= 0.6 is 11.6 Å². The molecule has 90 valence electrons. The molecule has 17 heavy (non-hydrogen) atoms. The van der Waals surface area contributed by atoms with E-state index in [0.717, 1.165) is 0 Å². The van der Waals surface area contributed by atoms with E-state index in [1.54, 1.807) is 18.0 Å². The predicted molar refractivity (Wildman–Crippen MR) is 65.8 cm³/mol. The number of pyridine rings is 1. The number of aromatic nitrogens is 1. The number of nitriles is 1. The van der Waals surface area contributed by atoms with Crippen LogP contribution in [0.15, 0.2) is 12.1 Å². The minimum absolute atomic E-state index is 0.0483. The van der Waals surface area contributed by atoms with E-state index in [1.807, 2.05) is 13.0 Å². The van der Waals surface area contributed by atoms with Gasteiger partial charge in [0.15, 0.2) is 0 Å². The van der Waals surface area contributed by atoms with Gasteiger partial charge in [0.1, 0.15) is 11.0 Å². The first kappa shape index (κ1) is 13.3. The molecule has 5 nitrogen and oxygen atoms in total. The highest BCUT2D eigenvalue weighted by Crippen LogP contribution is 2.13. The fourth-order valence-electron chi connectivity index (χ4n) is 1.13. The summed E-state index contributed by atoms with van der Waals surface area (Å²) in [4.78, 5) is 17.1. The number of rotatable bonds is 4. The van der Waals surface area contributed by atoms with Crippen molar-refractivity contribution in [3.05, 3.63) is 22.8 Å². The lowest BCUT2D eigenvalue weighted by Gasteiger charge is -2.15. The van der Waals surface area contributed by atoms with Gasteiger partial charge in [-0.1, -0.05) is 11.6 Å². The van der Waals surface area contributed by atoms with Crippen molar-refractivity contribution in [1.82, 2.24) is 9.88 Å². The summed E-state index contributed by atoms with van der Waals surface area (Å²) in [5.41, 5.74) is 0.406. The van der Waals surface area contributed by atoms with Crippen molar-refractivity contribution in [2.75, 3.05) is 25.5 Å². The highest BCUT2D eigenvalue weighted by Gasteiger charge is 2.07. The molecule has 1 N–H and O–H groups in total. The molecule has 1 amide bonds. The number of hydrogen-bond donors (Lipinski definition) is 1. The molecule has 0 aromatic carbocycles. The molecule has 1 heterocycles. The Morgan fingerprint density at radius 2 is 2.35 bits per heavy atom. The van der Waals surface area contributed by atoms with E-state index in [-0.39, 0.29) is 17.6 Å². The number of nitrogens with zero attached hydrogens (tertiary/aromatic N) is 3. The maximum Gasteiger partial charge on any atom is 0.241 e. The summed E-state index contributed by atoms with van der Waals surface area (Å²) >= 11 is 5.74. The molecule has 1 aromatic rings. The van der Waals surface area contributed by atoms with Gasteiger partial charge in [0.05, 0.1) is 18.2 Å². The van der Waals surface area contributed by atoms with Crippen LogP contribution in [0.25, 0.3) is 0 Å². The Balaban J connectivity index is 2.67. The zero-order valence-electron chi connectivity index (χ0n) is 9.70. The second-order valence-corrected chi connectivity index (χ2v) is 3.82. The van der Waals surface area contributed by atoms with Gasteiger partial charge in [-0.25, -0.2) is 4.98 Å². The number of hydrogen-bond acceptors (Lipinski definition) is 4. The Hall–Kier alpha value is -1.80. The summed E-state index contributed by atoms with van der Waals surface area (Å²) in [5, 5.41) is 11.8. The summed E-state index contributed by atoms with van der Waals surface area (Å²) in [6.07, 6.45) is 0. The van der Waals surface area contributed by atoms with Crippen molar-refractivity contribution >= 4 is 23.3 Å². The van der Waals surface area contributed by atoms with Gasteiger partial charge in [0, 0.05) is 13.6 Å². The van der Waals surface area contributed by atoms with Crippen LogP contribution in [0.3, 0.4) is 0 Å². The number of carbonyl (C=O) groups excluding carboxylic acids is 1. The van der Waals surface area contributed by atoms with Gasteiger partial charge < -0.3 is 10.2 Å². The van der Waals surface area contributed by atoms with E-state index < -0.39 is 0 Å². The van der Waals surface area contributed by atoms with Crippen LogP contribution in [0.2, 0.25) is 5.15 Å². The lowest BCUT2D eigenvalue weighted by Crippen LogP contribution is -2.32. The third kappa shape index (κ3) is 3.93. The fourth-order valence-corrected chi connectivity index (χ4v) is 1.34. The molecule has 0 unspecified atom stereocenters. The number of anilines is 1. The lowest BCUT2D eigenvalue weighted by molar-refractivity contribution is -0.127. The van der Waals surface area contributed by atoms with Gasteiger partial charge in [-0.2, -0.15) is 5.26 Å². The normalized spacial score (nSPS) is 9.53. The minimum atomic E-state index is -0.0483. The Morgan fingerprint density at radius 3 is 2.94 bits per heavy atom. The van der Waals surface area contributed by atoms with Crippen LogP contribution in [0, 0.1) is 11.3 Å². The third-order valence-corrected chi connectivity index (χ3v) is 2.44. The quantitative estimate of drug-likeness (QED) is 0.825. The van der Waals surface area contributed by atoms with Gasteiger partial charge >= 0.3 is 0 Å². The van der Waals surface area contributed by atoms with Crippen LogP contribution in [0.4, 0.5) is 5.82 Å². The molecular formula is C11H13ClN4O. The topological polar surface area (TPSA) is 69.0 Å². The largest absolute Gasteiger partial charge is 0.361 e.